The number of aliphatic hydroxyl groups excluding tert-OH is 2. The van der Waals surface area contributed by atoms with Gasteiger partial charge in [0.15, 0.2) is 0 Å². The third kappa shape index (κ3) is 4.11. The molecule has 0 aliphatic heterocycles. The highest BCUT2D eigenvalue weighted by atomic mass is 16.5. The van der Waals surface area contributed by atoms with Gasteiger partial charge in [-0.25, -0.2) is 0 Å². The van der Waals surface area contributed by atoms with Crippen molar-refractivity contribution in [3.63, 3.8) is 0 Å². The van der Waals surface area contributed by atoms with Crippen LogP contribution >= 0.6 is 0 Å². The van der Waals surface area contributed by atoms with Crippen molar-refractivity contribution < 1.29 is 19.7 Å². The summed E-state index contributed by atoms with van der Waals surface area (Å²) in [4.78, 5) is 0. The van der Waals surface area contributed by atoms with Crippen LogP contribution in [0.15, 0.2) is 18.2 Å². The summed E-state index contributed by atoms with van der Waals surface area (Å²) in [6, 6.07) is 5.65. The van der Waals surface area contributed by atoms with Crippen molar-refractivity contribution >= 4 is 0 Å². The lowest BCUT2D eigenvalue weighted by molar-refractivity contribution is 0.0213. The highest BCUT2D eigenvalue weighted by molar-refractivity contribution is 5.42. The van der Waals surface area contributed by atoms with Crippen LogP contribution < -0.4 is 9.47 Å². The Hall–Kier alpha value is -1.26. The standard InChI is InChI=1S/C15H24O4/c1-5-11(8-14(17)10(2)16)13-9-12(18-3)6-7-15(13)19-4/h6-7,9-11,14,16-17H,5,8H2,1-4H3. The van der Waals surface area contributed by atoms with E-state index < -0.39 is 12.2 Å². The van der Waals surface area contributed by atoms with Crippen molar-refractivity contribution in [2.24, 2.45) is 0 Å². The largest absolute Gasteiger partial charge is 0.497 e. The van der Waals surface area contributed by atoms with E-state index in [0.29, 0.717) is 6.42 Å². The zero-order chi connectivity index (χ0) is 14.4. The average molecular weight is 268 g/mol. The molecule has 0 aliphatic carbocycles. The van der Waals surface area contributed by atoms with Crippen molar-refractivity contribution in [1.82, 2.24) is 0 Å². The second-order valence-electron chi connectivity index (χ2n) is 4.76. The van der Waals surface area contributed by atoms with Gasteiger partial charge in [-0.05, 0) is 43.9 Å². The molecule has 1 aromatic rings. The number of methoxy groups -OCH3 is 2. The van der Waals surface area contributed by atoms with Crippen LogP contribution in [0.25, 0.3) is 0 Å². The molecular weight excluding hydrogens is 244 g/mol. The van der Waals surface area contributed by atoms with Crippen LogP contribution in [0.1, 0.15) is 38.2 Å². The molecule has 0 saturated heterocycles. The zero-order valence-electron chi connectivity index (χ0n) is 12.1. The molecule has 2 N–H and O–H groups in total. The molecule has 0 radical (unpaired) electrons. The van der Waals surface area contributed by atoms with Gasteiger partial charge >= 0.3 is 0 Å². The number of aliphatic hydroxyl groups is 2. The van der Waals surface area contributed by atoms with Crippen LogP contribution in [0.2, 0.25) is 0 Å². The van der Waals surface area contributed by atoms with Crippen molar-refractivity contribution in [3.8, 4) is 11.5 Å². The normalized spacial score (nSPS) is 15.7. The molecule has 0 bridgehead atoms. The molecule has 0 heterocycles. The summed E-state index contributed by atoms with van der Waals surface area (Å²) in [5.41, 5.74) is 1.00. The van der Waals surface area contributed by atoms with Gasteiger partial charge in [0.05, 0.1) is 26.4 Å². The van der Waals surface area contributed by atoms with Gasteiger partial charge in [-0.1, -0.05) is 6.92 Å². The highest BCUT2D eigenvalue weighted by Gasteiger charge is 2.21. The predicted molar refractivity (Wildman–Crippen MR) is 74.9 cm³/mol. The van der Waals surface area contributed by atoms with Gasteiger partial charge in [0.1, 0.15) is 11.5 Å². The van der Waals surface area contributed by atoms with Crippen molar-refractivity contribution in [2.75, 3.05) is 14.2 Å². The minimum Gasteiger partial charge on any atom is -0.497 e. The molecule has 19 heavy (non-hydrogen) atoms. The van der Waals surface area contributed by atoms with Gasteiger partial charge in [-0.3, -0.25) is 0 Å². The summed E-state index contributed by atoms with van der Waals surface area (Å²) in [7, 11) is 3.25. The van der Waals surface area contributed by atoms with E-state index >= 15 is 0 Å². The molecule has 4 nitrogen and oxygen atoms in total. The maximum Gasteiger partial charge on any atom is 0.122 e. The number of hydrogen-bond donors (Lipinski definition) is 2. The fourth-order valence-electron chi connectivity index (χ4n) is 2.16. The SMILES string of the molecule is CCC(CC(O)C(C)O)c1cc(OC)ccc1OC. The van der Waals surface area contributed by atoms with Gasteiger partial charge in [0.25, 0.3) is 0 Å². The first-order chi connectivity index (χ1) is 9.03. The smallest absolute Gasteiger partial charge is 0.122 e. The molecule has 0 saturated carbocycles. The molecule has 0 aliphatic rings. The first kappa shape index (κ1) is 15.8. The Morgan fingerprint density at radius 2 is 1.84 bits per heavy atom. The van der Waals surface area contributed by atoms with E-state index in [1.165, 1.54) is 0 Å². The molecule has 0 aromatic heterocycles. The van der Waals surface area contributed by atoms with Crippen molar-refractivity contribution in [3.05, 3.63) is 23.8 Å². The van der Waals surface area contributed by atoms with Gasteiger partial charge in [0, 0.05) is 5.56 Å². The van der Waals surface area contributed by atoms with Gasteiger partial charge in [0.2, 0.25) is 0 Å². The molecule has 0 spiro atoms. The van der Waals surface area contributed by atoms with Crippen LogP contribution in [-0.4, -0.2) is 36.6 Å². The van der Waals surface area contributed by atoms with E-state index in [1.54, 1.807) is 21.1 Å². The molecule has 1 aromatic carbocycles. The quantitative estimate of drug-likeness (QED) is 0.797. The predicted octanol–water partition coefficient (Wildman–Crippen LogP) is 2.33. The Balaban J connectivity index is 3.01. The third-order valence-corrected chi connectivity index (χ3v) is 3.45. The minimum absolute atomic E-state index is 0.120. The van der Waals surface area contributed by atoms with Gasteiger partial charge < -0.3 is 19.7 Å². The summed E-state index contributed by atoms with van der Waals surface area (Å²) in [6.45, 7) is 3.65. The monoisotopic (exact) mass is 268 g/mol. The topological polar surface area (TPSA) is 58.9 Å². The van der Waals surface area contributed by atoms with Crippen molar-refractivity contribution in [2.45, 2.75) is 44.8 Å². The van der Waals surface area contributed by atoms with Crippen LogP contribution in [0.3, 0.4) is 0 Å². The third-order valence-electron chi connectivity index (χ3n) is 3.45. The van der Waals surface area contributed by atoms with Crippen LogP contribution in [-0.2, 0) is 0 Å². The first-order valence-electron chi connectivity index (χ1n) is 6.61. The minimum atomic E-state index is -0.735. The van der Waals surface area contributed by atoms with Gasteiger partial charge in [-0.2, -0.15) is 0 Å². The summed E-state index contributed by atoms with van der Waals surface area (Å²) in [5, 5.41) is 19.3. The van der Waals surface area contributed by atoms with E-state index in [2.05, 4.69) is 6.92 Å². The number of hydrogen-bond acceptors (Lipinski definition) is 4. The van der Waals surface area contributed by atoms with Crippen LogP contribution in [0.4, 0.5) is 0 Å². The zero-order valence-corrected chi connectivity index (χ0v) is 12.1. The van der Waals surface area contributed by atoms with E-state index in [1.807, 2.05) is 18.2 Å². The van der Waals surface area contributed by atoms with Crippen LogP contribution in [0, 0.1) is 0 Å². The maximum absolute atomic E-state index is 9.86. The lowest BCUT2D eigenvalue weighted by Gasteiger charge is -2.23. The summed E-state index contributed by atoms with van der Waals surface area (Å²) in [5.74, 6) is 1.67. The second-order valence-corrected chi connectivity index (χ2v) is 4.76. The summed E-state index contributed by atoms with van der Waals surface area (Å²) < 4.78 is 10.6. The molecule has 1 rings (SSSR count). The Morgan fingerprint density at radius 1 is 1.16 bits per heavy atom. The lowest BCUT2D eigenvalue weighted by Crippen LogP contribution is -2.24. The van der Waals surface area contributed by atoms with E-state index in [4.69, 9.17) is 9.47 Å². The number of ether oxygens (including phenoxy) is 2. The first-order valence-corrected chi connectivity index (χ1v) is 6.61. The van der Waals surface area contributed by atoms with Gasteiger partial charge in [-0.15, -0.1) is 0 Å². The fraction of sp³-hybridized carbons (Fsp3) is 0.600. The van der Waals surface area contributed by atoms with E-state index in [9.17, 15) is 10.2 Å². The Bertz CT molecular complexity index is 390. The van der Waals surface area contributed by atoms with Crippen LogP contribution in [0.5, 0.6) is 11.5 Å². The second kappa shape index (κ2) is 7.36. The molecule has 108 valence electrons. The Labute approximate surface area is 115 Å². The molecule has 0 fully saturated rings. The Kier molecular flexibility index (Phi) is 6.12. The molecule has 3 atom stereocenters. The Morgan fingerprint density at radius 3 is 2.32 bits per heavy atom. The van der Waals surface area contributed by atoms with E-state index in [0.717, 1.165) is 23.5 Å². The number of benzene rings is 1. The number of rotatable bonds is 7. The highest BCUT2D eigenvalue weighted by Crippen LogP contribution is 2.35. The fourth-order valence-corrected chi connectivity index (χ4v) is 2.16. The molecule has 3 unspecified atom stereocenters. The summed E-state index contributed by atoms with van der Waals surface area (Å²) >= 11 is 0. The lowest BCUT2D eigenvalue weighted by atomic mass is 9.89. The summed E-state index contributed by atoms with van der Waals surface area (Å²) in [6.07, 6.45) is -0.114. The molecular formula is C15H24O4. The average Bonchev–Trinajstić information content (AvgIpc) is 2.43. The molecule has 4 heteroatoms. The molecule has 0 amide bonds. The maximum atomic E-state index is 9.86. The van der Waals surface area contributed by atoms with E-state index in [-0.39, 0.29) is 5.92 Å². The van der Waals surface area contributed by atoms with Crippen molar-refractivity contribution in [1.29, 1.82) is 0 Å².